The Morgan fingerprint density at radius 1 is 1.15 bits per heavy atom. The summed E-state index contributed by atoms with van der Waals surface area (Å²) in [5.41, 5.74) is 1.17. The highest BCUT2D eigenvalue weighted by Gasteiger charge is 2.19. The Labute approximate surface area is 173 Å². The molecule has 1 atom stereocenters. The van der Waals surface area contributed by atoms with E-state index in [1.54, 1.807) is 17.8 Å². The number of hydrogen-bond donors (Lipinski definition) is 0. The fourth-order valence-corrected chi connectivity index (χ4v) is 3.74. The van der Waals surface area contributed by atoms with Crippen LogP contribution in [0.25, 0.3) is 0 Å². The molecule has 0 saturated heterocycles. The first-order valence-electron chi connectivity index (χ1n) is 8.41. The lowest BCUT2D eigenvalue weighted by molar-refractivity contribution is 0.210. The molecule has 0 aliphatic rings. The average molecular weight is 420 g/mol. The Bertz CT molecular complexity index is 912. The van der Waals surface area contributed by atoms with Gasteiger partial charge in [-0.3, -0.25) is 4.57 Å². The summed E-state index contributed by atoms with van der Waals surface area (Å²) in [5.74, 6) is 2.12. The van der Waals surface area contributed by atoms with Crippen LogP contribution < -0.4 is 4.74 Å². The molecule has 0 bridgehead atoms. The second-order valence-corrected chi connectivity index (χ2v) is 7.63. The zero-order valence-corrected chi connectivity index (χ0v) is 17.1. The molecule has 1 aromatic heterocycles. The smallest absolute Gasteiger partial charge is 0.191 e. The highest BCUT2D eigenvalue weighted by atomic mass is 35.5. The van der Waals surface area contributed by atoms with Gasteiger partial charge in [-0.1, -0.05) is 65.3 Å². The van der Waals surface area contributed by atoms with Crippen molar-refractivity contribution < 1.29 is 4.74 Å². The van der Waals surface area contributed by atoms with Crippen LogP contribution in [0.15, 0.2) is 66.3 Å². The second kappa shape index (κ2) is 9.31. The Kier molecular flexibility index (Phi) is 6.83. The highest BCUT2D eigenvalue weighted by molar-refractivity contribution is 7.98. The van der Waals surface area contributed by atoms with Crippen LogP contribution >= 0.6 is 35.0 Å². The van der Waals surface area contributed by atoms with Crippen LogP contribution in [0, 0.1) is 0 Å². The van der Waals surface area contributed by atoms with E-state index in [9.17, 15) is 0 Å². The number of benzene rings is 2. The Balaban J connectivity index is 1.76. The van der Waals surface area contributed by atoms with Gasteiger partial charge in [-0.15, -0.1) is 16.8 Å². The molecule has 0 amide bonds. The van der Waals surface area contributed by atoms with Gasteiger partial charge in [-0.05, 0) is 36.8 Å². The van der Waals surface area contributed by atoms with Crippen molar-refractivity contribution in [1.82, 2.24) is 14.8 Å². The molecule has 140 valence electrons. The predicted octanol–water partition coefficient (Wildman–Crippen LogP) is 6.20. The molecule has 0 unspecified atom stereocenters. The largest absolute Gasteiger partial charge is 0.481 e. The highest BCUT2D eigenvalue weighted by Crippen LogP contribution is 2.30. The van der Waals surface area contributed by atoms with Gasteiger partial charge in [0.25, 0.3) is 0 Å². The van der Waals surface area contributed by atoms with Crippen molar-refractivity contribution in [3.63, 3.8) is 0 Å². The molecule has 1 heterocycles. The van der Waals surface area contributed by atoms with Gasteiger partial charge in [0.2, 0.25) is 0 Å². The van der Waals surface area contributed by atoms with E-state index in [2.05, 4.69) is 16.8 Å². The van der Waals surface area contributed by atoms with Gasteiger partial charge in [0.05, 0.1) is 5.02 Å². The van der Waals surface area contributed by atoms with E-state index in [0.717, 1.165) is 21.8 Å². The van der Waals surface area contributed by atoms with Crippen molar-refractivity contribution in [2.24, 2.45) is 0 Å². The normalized spacial score (nSPS) is 12.0. The molecule has 7 heteroatoms. The van der Waals surface area contributed by atoms with E-state index in [4.69, 9.17) is 27.9 Å². The van der Waals surface area contributed by atoms with Crippen molar-refractivity contribution in [3.8, 4) is 5.75 Å². The zero-order chi connectivity index (χ0) is 19.2. The van der Waals surface area contributed by atoms with Crippen molar-refractivity contribution in [1.29, 1.82) is 0 Å². The minimum absolute atomic E-state index is 0.303. The lowest BCUT2D eigenvalue weighted by Crippen LogP contribution is -2.12. The maximum atomic E-state index is 6.19. The topological polar surface area (TPSA) is 39.9 Å². The Morgan fingerprint density at radius 2 is 1.89 bits per heavy atom. The summed E-state index contributed by atoms with van der Waals surface area (Å²) in [5, 5.41) is 10.8. The molecule has 0 aliphatic carbocycles. The second-order valence-electron chi connectivity index (χ2n) is 5.85. The van der Waals surface area contributed by atoms with Crippen LogP contribution in [0.5, 0.6) is 5.75 Å². The fraction of sp³-hybridized carbons (Fsp3) is 0.200. The molecular weight excluding hydrogens is 401 g/mol. The molecule has 0 fully saturated rings. The van der Waals surface area contributed by atoms with E-state index in [0.29, 0.717) is 17.3 Å². The SMILES string of the molecule is C=CCn1c(SCc2ccc(Cl)cc2)nnc1[C@@H](C)Oc1ccccc1Cl. The number of ether oxygens (including phenoxy) is 1. The fourth-order valence-electron chi connectivity index (χ4n) is 2.52. The van der Waals surface area contributed by atoms with E-state index >= 15 is 0 Å². The number of thioether (sulfide) groups is 1. The summed E-state index contributed by atoms with van der Waals surface area (Å²) in [7, 11) is 0. The maximum absolute atomic E-state index is 6.19. The molecule has 0 spiro atoms. The number of hydrogen-bond acceptors (Lipinski definition) is 4. The first-order chi connectivity index (χ1) is 13.1. The van der Waals surface area contributed by atoms with E-state index in [1.165, 1.54) is 5.56 Å². The standard InChI is InChI=1S/C20H19Cl2N3OS/c1-3-12-25-19(14(2)26-18-7-5-4-6-17(18)22)23-24-20(25)27-13-15-8-10-16(21)11-9-15/h3-11,14H,1,12-13H2,2H3/t14-/m1/s1. The van der Waals surface area contributed by atoms with Crippen molar-refractivity contribution in [3.05, 3.63) is 82.6 Å². The summed E-state index contributed by atoms with van der Waals surface area (Å²) >= 11 is 13.7. The summed E-state index contributed by atoms with van der Waals surface area (Å²) in [6, 6.07) is 15.2. The third-order valence-corrected chi connectivity index (χ3v) is 5.44. The quantitative estimate of drug-likeness (QED) is 0.321. The average Bonchev–Trinajstić information content (AvgIpc) is 3.06. The predicted molar refractivity (Wildman–Crippen MR) is 112 cm³/mol. The summed E-state index contributed by atoms with van der Waals surface area (Å²) in [6.45, 7) is 6.37. The molecule has 3 aromatic rings. The monoisotopic (exact) mass is 419 g/mol. The summed E-state index contributed by atoms with van der Waals surface area (Å²) in [6.07, 6.45) is 1.52. The lowest BCUT2D eigenvalue weighted by Gasteiger charge is -2.16. The molecule has 0 N–H and O–H groups in total. The number of allylic oxidation sites excluding steroid dienone is 1. The van der Waals surface area contributed by atoms with Gasteiger partial charge in [0.1, 0.15) is 5.75 Å². The third kappa shape index (κ3) is 5.06. The van der Waals surface area contributed by atoms with Gasteiger partial charge in [0, 0.05) is 17.3 Å². The maximum Gasteiger partial charge on any atom is 0.191 e. The summed E-state index contributed by atoms with van der Waals surface area (Å²) in [4.78, 5) is 0. The van der Waals surface area contributed by atoms with Crippen LogP contribution in [0.2, 0.25) is 10.0 Å². The van der Waals surface area contributed by atoms with Crippen LogP contribution in [0.1, 0.15) is 24.4 Å². The van der Waals surface area contributed by atoms with E-state index < -0.39 is 0 Å². The molecule has 27 heavy (non-hydrogen) atoms. The lowest BCUT2D eigenvalue weighted by atomic mass is 10.2. The number of aromatic nitrogens is 3. The van der Waals surface area contributed by atoms with E-state index in [1.807, 2.05) is 60.0 Å². The van der Waals surface area contributed by atoms with Crippen molar-refractivity contribution in [2.45, 2.75) is 30.5 Å². The number of rotatable bonds is 8. The number of nitrogens with zero attached hydrogens (tertiary/aromatic N) is 3. The first kappa shape index (κ1) is 19.8. The van der Waals surface area contributed by atoms with Crippen LogP contribution in [0.4, 0.5) is 0 Å². The molecule has 3 rings (SSSR count). The van der Waals surface area contributed by atoms with Crippen LogP contribution in [-0.2, 0) is 12.3 Å². The minimum atomic E-state index is -0.303. The molecule has 0 radical (unpaired) electrons. The molecular formula is C20H19Cl2N3OS. The van der Waals surface area contributed by atoms with Gasteiger partial charge in [-0.25, -0.2) is 0 Å². The van der Waals surface area contributed by atoms with Gasteiger partial charge in [0.15, 0.2) is 17.1 Å². The number of halogens is 2. The molecule has 0 saturated carbocycles. The van der Waals surface area contributed by atoms with Crippen LogP contribution in [-0.4, -0.2) is 14.8 Å². The third-order valence-electron chi connectivity index (χ3n) is 3.84. The Morgan fingerprint density at radius 3 is 2.59 bits per heavy atom. The zero-order valence-electron chi connectivity index (χ0n) is 14.8. The van der Waals surface area contributed by atoms with E-state index in [-0.39, 0.29) is 6.10 Å². The molecule has 0 aliphatic heterocycles. The minimum Gasteiger partial charge on any atom is -0.481 e. The van der Waals surface area contributed by atoms with Crippen molar-refractivity contribution in [2.75, 3.05) is 0 Å². The van der Waals surface area contributed by atoms with Gasteiger partial charge >= 0.3 is 0 Å². The van der Waals surface area contributed by atoms with Crippen molar-refractivity contribution >= 4 is 35.0 Å². The number of para-hydroxylation sites is 1. The van der Waals surface area contributed by atoms with Gasteiger partial charge < -0.3 is 4.74 Å². The Hall–Kier alpha value is -1.95. The summed E-state index contributed by atoms with van der Waals surface area (Å²) < 4.78 is 8.00. The van der Waals surface area contributed by atoms with Gasteiger partial charge in [-0.2, -0.15) is 0 Å². The molecule has 4 nitrogen and oxygen atoms in total. The molecule has 2 aromatic carbocycles. The van der Waals surface area contributed by atoms with Crippen LogP contribution in [0.3, 0.4) is 0 Å². The first-order valence-corrected chi connectivity index (χ1v) is 10.1.